The molecule has 0 aliphatic heterocycles. The summed E-state index contributed by atoms with van der Waals surface area (Å²) in [5.74, 6) is 0.00769. The summed E-state index contributed by atoms with van der Waals surface area (Å²) in [6.07, 6.45) is 7.02. The second-order valence-corrected chi connectivity index (χ2v) is 10.2. The molecule has 1 N–H and O–H groups in total. The molecule has 2 saturated carbocycles. The van der Waals surface area contributed by atoms with Gasteiger partial charge in [0.2, 0.25) is 10.0 Å². The van der Waals surface area contributed by atoms with Gasteiger partial charge >= 0.3 is 0 Å². The minimum absolute atomic E-state index is 0.00769. The van der Waals surface area contributed by atoms with E-state index in [1.54, 1.807) is 24.3 Å². The Morgan fingerprint density at radius 3 is 2.34 bits per heavy atom. The Hall–Kier alpha value is -2.18. The van der Waals surface area contributed by atoms with E-state index in [0.717, 1.165) is 44.9 Å². The van der Waals surface area contributed by atoms with Crippen LogP contribution in [0.4, 0.5) is 0 Å². The number of carbonyl (C=O) groups is 1. The number of benzene rings is 2. The normalized spacial score (nSPS) is 21.4. The smallest absolute Gasteiger partial charge is 0.254 e. The molecule has 2 aromatic rings. The van der Waals surface area contributed by atoms with Crippen LogP contribution < -0.4 is 4.72 Å². The number of carbonyl (C=O) groups excluding carboxylic acids is 1. The molecular weight excluding hydrogens is 384 g/mol. The van der Waals surface area contributed by atoms with Gasteiger partial charge in [0.05, 0.1) is 10.9 Å². The maximum atomic E-state index is 13.4. The average molecular weight is 411 g/mol. The Morgan fingerprint density at radius 1 is 0.931 bits per heavy atom. The second kappa shape index (κ2) is 7.26. The molecule has 5 nitrogen and oxygen atoms in total. The first-order chi connectivity index (χ1) is 14.0. The van der Waals surface area contributed by atoms with Crippen LogP contribution in [0.15, 0.2) is 53.4 Å². The first kappa shape index (κ1) is 18.8. The summed E-state index contributed by atoms with van der Waals surface area (Å²) in [6.45, 7) is 0. The Kier molecular flexibility index (Phi) is 4.71. The molecular formula is C23H26N2O3S. The van der Waals surface area contributed by atoms with Crippen LogP contribution in [-0.2, 0) is 16.4 Å². The molecule has 1 amide bonds. The number of sulfonamides is 1. The van der Waals surface area contributed by atoms with Crippen LogP contribution in [0, 0.1) is 0 Å². The Balaban J connectivity index is 1.41. The van der Waals surface area contributed by atoms with Crippen molar-refractivity contribution in [3.63, 3.8) is 0 Å². The highest BCUT2D eigenvalue weighted by atomic mass is 32.2. The summed E-state index contributed by atoms with van der Waals surface area (Å²) in [6, 6.07) is 15.3. The lowest BCUT2D eigenvalue weighted by Gasteiger charge is -2.36. The zero-order chi connectivity index (χ0) is 20.0. The maximum Gasteiger partial charge on any atom is 0.254 e. The van der Waals surface area contributed by atoms with E-state index in [1.807, 2.05) is 0 Å². The van der Waals surface area contributed by atoms with E-state index >= 15 is 0 Å². The first-order valence-corrected chi connectivity index (χ1v) is 12.0. The molecule has 2 aromatic carbocycles. The van der Waals surface area contributed by atoms with E-state index < -0.39 is 10.0 Å². The van der Waals surface area contributed by atoms with Crippen LogP contribution >= 0.6 is 0 Å². The van der Waals surface area contributed by atoms with Crippen molar-refractivity contribution in [1.29, 1.82) is 0 Å². The monoisotopic (exact) mass is 410 g/mol. The topological polar surface area (TPSA) is 66.5 Å². The summed E-state index contributed by atoms with van der Waals surface area (Å²) >= 11 is 0. The van der Waals surface area contributed by atoms with Crippen molar-refractivity contribution in [2.75, 3.05) is 0 Å². The van der Waals surface area contributed by atoms with Crippen molar-refractivity contribution >= 4 is 15.9 Å². The van der Waals surface area contributed by atoms with Crippen LogP contribution in [0.3, 0.4) is 0 Å². The number of amides is 1. The molecule has 0 aromatic heterocycles. The van der Waals surface area contributed by atoms with Crippen molar-refractivity contribution in [3.8, 4) is 0 Å². The summed E-state index contributed by atoms with van der Waals surface area (Å²) in [5, 5.41) is 0. The molecule has 1 unspecified atom stereocenters. The van der Waals surface area contributed by atoms with Gasteiger partial charge in [0.25, 0.3) is 5.91 Å². The highest BCUT2D eigenvalue weighted by molar-refractivity contribution is 7.89. The number of hydrogen-bond donors (Lipinski definition) is 1. The number of aryl methyl sites for hydroxylation is 1. The zero-order valence-electron chi connectivity index (χ0n) is 16.4. The van der Waals surface area contributed by atoms with Crippen molar-refractivity contribution in [2.24, 2.45) is 0 Å². The Bertz CT molecular complexity index is 1020. The summed E-state index contributed by atoms with van der Waals surface area (Å²) in [4.78, 5) is 15.7. The minimum atomic E-state index is -3.50. The standard InChI is InChI=1S/C23H26N2O3S/c26-23(17-8-14-20(15-9-17)29(27,28)24-18-10-11-18)25(19-12-13-19)22-7-3-5-16-4-1-2-6-21(16)22/h1-2,4,6,8-9,14-15,18-19,22,24H,3,5,7,10-13H2. The predicted octanol–water partition coefficient (Wildman–Crippen LogP) is 3.81. The van der Waals surface area contributed by atoms with Crippen LogP contribution in [-0.4, -0.2) is 31.3 Å². The molecule has 0 heterocycles. The maximum absolute atomic E-state index is 13.4. The predicted molar refractivity (Wildman–Crippen MR) is 111 cm³/mol. The molecule has 29 heavy (non-hydrogen) atoms. The van der Waals surface area contributed by atoms with E-state index in [9.17, 15) is 13.2 Å². The fourth-order valence-electron chi connectivity index (χ4n) is 4.35. The number of rotatable bonds is 6. The molecule has 3 aliphatic carbocycles. The number of fused-ring (bicyclic) bond motifs is 1. The molecule has 5 rings (SSSR count). The summed E-state index contributed by atoms with van der Waals surface area (Å²) in [5.41, 5.74) is 3.17. The van der Waals surface area contributed by atoms with Crippen LogP contribution in [0.1, 0.15) is 66.1 Å². The molecule has 0 radical (unpaired) electrons. The fourth-order valence-corrected chi connectivity index (χ4v) is 5.65. The minimum Gasteiger partial charge on any atom is -0.329 e. The Labute approximate surface area is 172 Å². The van der Waals surface area contributed by atoms with Gasteiger partial charge in [-0.05, 0) is 80.3 Å². The van der Waals surface area contributed by atoms with Gasteiger partial charge in [-0.25, -0.2) is 13.1 Å². The van der Waals surface area contributed by atoms with Gasteiger partial charge in [-0.2, -0.15) is 0 Å². The average Bonchev–Trinajstić information content (AvgIpc) is 3.65. The van der Waals surface area contributed by atoms with Crippen molar-refractivity contribution < 1.29 is 13.2 Å². The van der Waals surface area contributed by atoms with Crippen molar-refractivity contribution in [3.05, 3.63) is 65.2 Å². The lowest BCUT2D eigenvalue weighted by molar-refractivity contribution is 0.0638. The molecule has 3 aliphatic rings. The van der Waals surface area contributed by atoms with Gasteiger partial charge in [0.1, 0.15) is 0 Å². The molecule has 152 valence electrons. The van der Waals surface area contributed by atoms with Crippen LogP contribution in [0.5, 0.6) is 0 Å². The highest BCUT2D eigenvalue weighted by Crippen LogP contribution is 2.41. The largest absolute Gasteiger partial charge is 0.329 e. The van der Waals surface area contributed by atoms with Gasteiger partial charge in [0.15, 0.2) is 0 Å². The highest BCUT2D eigenvalue weighted by Gasteiger charge is 2.39. The molecule has 1 atom stereocenters. The lowest BCUT2D eigenvalue weighted by atomic mass is 9.86. The third kappa shape index (κ3) is 3.83. The Morgan fingerprint density at radius 2 is 1.66 bits per heavy atom. The summed E-state index contributed by atoms with van der Waals surface area (Å²) < 4.78 is 27.5. The van der Waals surface area contributed by atoms with Gasteiger partial charge in [-0.1, -0.05) is 24.3 Å². The van der Waals surface area contributed by atoms with E-state index in [2.05, 4.69) is 33.9 Å². The van der Waals surface area contributed by atoms with E-state index in [4.69, 9.17) is 0 Å². The number of nitrogens with one attached hydrogen (secondary N) is 1. The third-order valence-corrected chi connectivity index (χ3v) is 7.70. The van der Waals surface area contributed by atoms with E-state index in [0.29, 0.717) is 11.6 Å². The van der Waals surface area contributed by atoms with Gasteiger partial charge < -0.3 is 4.90 Å². The van der Waals surface area contributed by atoms with Gasteiger partial charge in [-0.15, -0.1) is 0 Å². The summed E-state index contributed by atoms with van der Waals surface area (Å²) in [7, 11) is -3.50. The quantitative estimate of drug-likeness (QED) is 0.787. The molecule has 0 bridgehead atoms. The van der Waals surface area contributed by atoms with E-state index in [-0.39, 0.29) is 22.9 Å². The van der Waals surface area contributed by atoms with Gasteiger partial charge in [-0.3, -0.25) is 4.79 Å². The van der Waals surface area contributed by atoms with Crippen molar-refractivity contribution in [1.82, 2.24) is 9.62 Å². The van der Waals surface area contributed by atoms with Gasteiger partial charge in [0, 0.05) is 17.6 Å². The SMILES string of the molecule is O=C(c1ccc(S(=O)(=O)NC2CC2)cc1)N(C1CC1)C1CCCc2ccccc21. The molecule has 0 spiro atoms. The van der Waals surface area contributed by atoms with Crippen molar-refractivity contribution in [2.45, 2.75) is 68.0 Å². The number of nitrogens with zero attached hydrogens (tertiary/aromatic N) is 1. The molecule has 0 saturated heterocycles. The number of hydrogen-bond acceptors (Lipinski definition) is 3. The fraction of sp³-hybridized carbons (Fsp3) is 0.435. The van der Waals surface area contributed by atoms with Crippen LogP contribution in [0.2, 0.25) is 0 Å². The van der Waals surface area contributed by atoms with Crippen LogP contribution in [0.25, 0.3) is 0 Å². The zero-order valence-corrected chi connectivity index (χ0v) is 17.2. The second-order valence-electron chi connectivity index (χ2n) is 8.47. The molecule has 2 fully saturated rings. The first-order valence-electron chi connectivity index (χ1n) is 10.6. The molecule has 6 heteroatoms. The lowest BCUT2D eigenvalue weighted by Crippen LogP contribution is -2.38. The van der Waals surface area contributed by atoms with E-state index in [1.165, 1.54) is 11.1 Å². The third-order valence-electron chi connectivity index (χ3n) is 6.16.